The van der Waals surface area contributed by atoms with Gasteiger partial charge in [0.05, 0.1) is 11.7 Å². The predicted octanol–water partition coefficient (Wildman–Crippen LogP) is 2.92. The zero-order valence-electron chi connectivity index (χ0n) is 11.5. The molecule has 0 bridgehead atoms. The van der Waals surface area contributed by atoms with Gasteiger partial charge in [0.1, 0.15) is 0 Å². The molecule has 0 aromatic heterocycles. The summed E-state index contributed by atoms with van der Waals surface area (Å²) < 4.78 is 5.68. The molecular weight excluding hydrogens is 262 g/mol. The van der Waals surface area contributed by atoms with Crippen LogP contribution >= 0.6 is 11.6 Å². The maximum Gasteiger partial charge on any atom is 0.0928 e. The Hall–Kier alpha value is -0.610. The van der Waals surface area contributed by atoms with Crippen molar-refractivity contribution in [2.45, 2.75) is 44.4 Å². The standard InChI is InChI=1S/C15H22ClNO2/c1-15(2)9-11(7-8-19-15)17-10-14(18)12-5-3-4-6-13(12)16/h3-6,11,14,17-18H,7-10H2,1-2H3. The zero-order valence-corrected chi connectivity index (χ0v) is 12.3. The number of hydrogen-bond acceptors (Lipinski definition) is 3. The van der Waals surface area contributed by atoms with E-state index in [-0.39, 0.29) is 5.60 Å². The minimum atomic E-state index is -0.570. The summed E-state index contributed by atoms with van der Waals surface area (Å²) in [4.78, 5) is 0. The van der Waals surface area contributed by atoms with E-state index in [4.69, 9.17) is 16.3 Å². The van der Waals surface area contributed by atoms with E-state index in [1.165, 1.54) is 0 Å². The highest BCUT2D eigenvalue weighted by atomic mass is 35.5. The van der Waals surface area contributed by atoms with E-state index in [1.54, 1.807) is 6.07 Å². The van der Waals surface area contributed by atoms with Gasteiger partial charge in [0, 0.05) is 29.8 Å². The van der Waals surface area contributed by atoms with Crippen LogP contribution in [0, 0.1) is 0 Å². The van der Waals surface area contributed by atoms with Crippen LogP contribution in [-0.2, 0) is 4.74 Å². The molecule has 0 spiro atoms. The minimum Gasteiger partial charge on any atom is -0.387 e. The van der Waals surface area contributed by atoms with Crippen molar-refractivity contribution in [3.05, 3.63) is 34.9 Å². The van der Waals surface area contributed by atoms with Gasteiger partial charge in [0.25, 0.3) is 0 Å². The van der Waals surface area contributed by atoms with Crippen molar-refractivity contribution in [1.82, 2.24) is 5.32 Å². The summed E-state index contributed by atoms with van der Waals surface area (Å²) in [6.45, 7) is 5.49. The Morgan fingerprint density at radius 2 is 2.21 bits per heavy atom. The molecule has 4 heteroatoms. The molecule has 0 aliphatic carbocycles. The fraction of sp³-hybridized carbons (Fsp3) is 0.600. The number of nitrogens with one attached hydrogen (secondary N) is 1. The third-order valence-corrected chi connectivity index (χ3v) is 3.91. The normalized spacial score (nSPS) is 24.1. The van der Waals surface area contributed by atoms with Crippen molar-refractivity contribution in [1.29, 1.82) is 0 Å². The second-order valence-electron chi connectivity index (χ2n) is 5.74. The van der Waals surface area contributed by atoms with E-state index in [2.05, 4.69) is 19.2 Å². The number of hydrogen-bond donors (Lipinski definition) is 2. The molecule has 19 heavy (non-hydrogen) atoms. The highest BCUT2D eigenvalue weighted by molar-refractivity contribution is 6.31. The third-order valence-electron chi connectivity index (χ3n) is 3.56. The molecule has 2 atom stereocenters. The third kappa shape index (κ3) is 4.18. The second-order valence-corrected chi connectivity index (χ2v) is 6.15. The lowest BCUT2D eigenvalue weighted by Crippen LogP contribution is -2.44. The van der Waals surface area contributed by atoms with Crippen LogP contribution in [0.2, 0.25) is 5.02 Å². The molecule has 0 amide bonds. The first-order chi connectivity index (χ1) is 8.98. The van der Waals surface area contributed by atoms with Crippen molar-refractivity contribution in [3.8, 4) is 0 Å². The summed E-state index contributed by atoms with van der Waals surface area (Å²) in [6.07, 6.45) is 1.38. The Morgan fingerprint density at radius 3 is 2.89 bits per heavy atom. The molecule has 1 heterocycles. The molecule has 3 nitrogen and oxygen atoms in total. The van der Waals surface area contributed by atoms with Crippen LogP contribution in [0.4, 0.5) is 0 Å². The maximum absolute atomic E-state index is 10.2. The maximum atomic E-state index is 10.2. The lowest BCUT2D eigenvalue weighted by Gasteiger charge is -2.36. The van der Waals surface area contributed by atoms with Gasteiger partial charge in [-0.2, -0.15) is 0 Å². The number of rotatable bonds is 4. The smallest absolute Gasteiger partial charge is 0.0928 e. The van der Waals surface area contributed by atoms with Gasteiger partial charge in [-0.15, -0.1) is 0 Å². The number of benzene rings is 1. The van der Waals surface area contributed by atoms with Crippen molar-refractivity contribution < 1.29 is 9.84 Å². The summed E-state index contributed by atoms with van der Waals surface area (Å²) in [5.74, 6) is 0. The van der Waals surface area contributed by atoms with Gasteiger partial charge in [-0.25, -0.2) is 0 Å². The van der Waals surface area contributed by atoms with Gasteiger partial charge < -0.3 is 15.2 Å². The molecule has 1 aliphatic rings. The first kappa shape index (κ1) is 14.8. The van der Waals surface area contributed by atoms with E-state index < -0.39 is 6.10 Å². The number of aliphatic hydroxyl groups excluding tert-OH is 1. The molecule has 1 aromatic carbocycles. The molecule has 2 rings (SSSR count). The summed E-state index contributed by atoms with van der Waals surface area (Å²) in [5, 5.41) is 14.2. The monoisotopic (exact) mass is 283 g/mol. The highest BCUT2D eigenvalue weighted by Crippen LogP contribution is 2.25. The largest absolute Gasteiger partial charge is 0.387 e. The Bertz CT molecular complexity index is 422. The average molecular weight is 284 g/mol. The number of ether oxygens (including phenoxy) is 1. The molecule has 1 aromatic rings. The Morgan fingerprint density at radius 1 is 1.47 bits per heavy atom. The fourth-order valence-electron chi connectivity index (χ4n) is 2.54. The van der Waals surface area contributed by atoms with Crippen LogP contribution in [0.3, 0.4) is 0 Å². The average Bonchev–Trinajstić information content (AvgIpc) is 2.35. The molecule has 1 saturated heterocycles. The number of halogens is 1. The van der Waals surface area contributed by atoms with E-state index in [1.807, 2.05) is 18.2 Å². The van der Waals surface area contributed by atoms with Crippen molar-refractivity contribution in [2.75, 3.05) is 13.2 Å². The lowest BCUT2D eigenvalue weighted by molar-refractivity contribution is -0.0638. The van der Waals surface area contributed by atoms with E-state index >= 15 is 0 Å². The van der Waals surface area contributed by atoms with Crippen LogP contribution in [-0.4, -0.2) is 29.9 Å². The zero-order chi connectivity index (χ0) is 13.9. The molecule has 2 unspecified atom stereocenters. The molecule has 0 saturated carbocycles. The first-order valence-corrected chi connectivity index (χ1v) is 7.15. The molecular formula is C15H22ClNO2. The summed E-state index contributed by atoms with van der Waals surface area (Å²) in [7, 11) is 0. The quantitative estimate of drug-likeness (QED) is 0.893. The van der Waals surface area contributed by atoms with Crippen LogP contribution in [0.5, 0.6) is 0 Å². The predicted molar refractivity (Wildman–Crippen MR) is 77.5 cm³/mol. The van der Waals surface area contributed by atoms with Gasteiger partial charge in [0.2, 0.25) is 0 Å². The van der Waals surface area contributed by atoms with Crippen molar-refractivity contribution >= 4 is 11.6 Å². The van der Waals surface area contributed by atoms with Gasteiger partial charge in [-0.3, -0.25) is 0 Å². The lowest BCUT2D eigenvalue weighted by atomic mass is 9.94. The van der Waals surface area contributed by atoms with Gasteiger partial charge in [0.15, 0.2) is 0 Å². The van der Waals surface area contributed by atoms with Crippen molar-refractivity contribution in [2.24, 2.45) is 0 Å². The second kappa shape index (κ2) is 6.23. The molecule has 0 radical (unpaired) electrons. The minimum absolute atomic E-state index is 0.0781. The SMILES string of the molecule is CC1(C)CC(NCC(O)c2ccccc2Cl)CCO1. The van der Waals surface area contributed by atoms with Crippen LogP contribution < -0.4 is 5.32 Å². The number of aliphatic hydroxyl groups is 1. The first-order valence-electron chi connectivity index (χ1n) is 6.78. The van der Waals surface area contributed by atoms with E-state index in [0.29, 0.717) is 17.6 Å². The van der Waals surface area contributed by atoms with Crippen LogP contribution in [0.25, 0.3) is 0 Å². The molecule has 106 valence electrons. The molecule has 2 N–H and O–H groups in total. The van der Waals surface area contributed by atoms with Crippen molar-refractivity contribution in [3.63, 3.8) is 0 Å². The summed E-state index contributed by atoms with van der Waals surface area (Å²) >= 11 is 6.08. The molecule has 1 aliphatic heterocycles. The molecule has 1 fully saturated rings. The van der Waals surface area contributed by atoms with Gasteiger partial charge >= 0.3 is 0 Å². The topological polar surface area (TPSA) is 41.5 Å². The fourth-order valence-corrected chi connectivity index (χ4v) is 2.80. The highest BCUT2D eigenvalue weighted by Gasteiger charge is 2.28. The van der Waals surface area contributed by atoms with E-state index in [0.717, 1.165) is 25.0 Å². The van der Waals surface area contributed by atoms with Crippen LogP contribution in [0.1, 0.15) is 38.4 Å². The van der Waals surface area contributed by atoms with E-state index in [9.17, 15) is 5.11 Å². The Labute approximate surface area is 119 Å². The summed E-state index contributed by atoms with van der Waals surface area (Å²) in [6, 6.07) is 7.82. The summed E-state index contributed by atoms with van der Waals surface area (Å²) in [5.41, 5.74) is 0.702. The Balaban J connectivity index is 1.87. The van der Waals surface area contributed by atoms with Gasteiger partial charge in [-0.05, 0) is 32.8 Å². The Kier molecular flexibility index (Phi) is 4.85. The van der Waals surface area contributed by atoms with Gasteiger partial charge in [-0.1, -0.05) is 29.8 Å². The van der Waals surface area contributed by atoms with Crippen LogP contribution in [0.15, 0.2) is 24.3 Å².